The van der Waals surface area contributed by atoms with Crippen LogP contribution in [0.1, 0.15) is 24.5 Å². The summed E-state index contributed by atoms with van der Waals surface area (Å²) in [5, 5.41) is 12.6. The zero-order valence-corrected chi connectivity index (χ0v) is 12.8. The van der Waals surface area contributed by atoms with Crippen molar-refractivity contribution in [2.75, 3.05) is 11.5 Å². The van der Waals surface area contributed by atoms with Gasteiger partial charge in [-0.1, -0.05) is 12.1 Å². The zero-order chi connectivity index (χ0) is 14.4. The molecule has 4 nitrogen and oxygen atoms in total. The van der Waals surface area contributed by atoms with Crippen molar-refractivity contribution in [1.29, 1.82) is 5.26 Å². The lowest BCUT2D eigenvalue weighted by Crippen LogP contribution is -2.26. The highest BCUT2D eigenvalue weighted by atomic mass is 32.2. The quantitative estimate of drug-likeness (QED) is 0.686. The number of hydrogen-bond donors (Lipinski definition) is 1. The summed E-state index contributed by atoms with van der Waals surface area (Å²) in [6.45, 7) is 2.10. The minimum atomic E-state index is -0.0701. The topological polar surface area (TPSA) is 65.2 Å². The van der Waals surface area contributed by atoms with Gasteiger partial charge in [-0.15, -0.1) is 23.5 Å². The number of rotatable bonds is 4. The molecule has 1 amide bonds. The van der Waals surface area contributed by atoms with Gasteiger partial charge < -0.3 is 0 Å². The normalized spacial score (nSPS) is 17.0. The molecular weight excluding hydrogens is 290 g/mol. The summed E-state index contributed by atoms with van der Waals surface area (Å²) in [5.74, 6) is 2.13. The molecule has 1 aromatic carbocycles. The highest BCUT2D eigenvalue weighted by molar-refractivity contribution is 8.21. The van der Waals surface area contributed by atoms with E-state index in [1.807, 2.05) is 23.5 Å². The number of carbonyl (C=O) groups is 1. The number of thioether (sulfide) groups is 2. The summed E-state index contributed by atoms with van der Waals surface area (Å²) in [7, 11) is 0. The fraction of sp³-hybridized carbons (Fsp3) is 0.357. The van der Waals surface area contributed by atoms with Crippen molar-refractivity contribution in [2.24, 2.45) is 5.10 Å². The largest absolute Gasteiger partial charge is 0.273 e. The highest BCUT2D eigenvalue weighted by Crippen LogP contribution is 2.45. The molecule has 0 unspecified atom stereocenters. The van der Waals surface area contributed by atoms with E-state index in [-0.39, 0.29) is 9.99 Å². The van der Waals surface area contributed by atoms with Crippen molar-refractivity contribution < 1.29 is 4.79 Å². The summed E-state index contributed by atoms with van der Waals surface area (Å²) in [6, 6.07) is 9.07. The molecule has 1 N–H and O–H groups in total. The lowest BCUT2D eigenvalue weighted by molar-refractivity contribution is -0.121. The van der Waals surface area contributed by atoms with E-state index in [0.29, 0.717) is 12.0 Å². The first-order chi connectivity index (χ1) is 9.61. The number of benzene rings is 1. The molecule has 0 aromatic heterocycles. The molecule has 1 aromatic rings. The maximum Gasteiger partial charge on any atom is 0.242 e. The predicted octanol–water partition coefficient (Wildman–Crippen LogP) is 2.59. The minimum Gasteiger partial charge on any atom is -0.273 e. The summed E-state index contributed by atoms with van der Waals surface area (Å²) in [6.07, 6.45) is 2.05. The molecular formula is C14H15N3OS2. The number of amides is 1. The monoisotopic (exact) mass is 305 g/mol. The van der Waals surface area contributed by atoms with Crippen LogP contribution >= 0.6 is 23.5 Å². The second-order valence-corrected chi connectivity index (χ2v) is 7.99. The predicted molar refractivity (Wildman–Crippen MR) is 84.8 cm³/mol. The Morgan fingerprint density at radius 1 is 1.45 bits per heavy atom. The van der Waals surface area contributed by atoms with E-state index in [4.69, 9.17) is 5.26 Å². The van der Waals surface area contributed by atoms with E-state index in [1.165, 1.54) is 0 Å². The fourth-order valence-corrected chi connectivity index (χ4v) is 4.64. The molecule has 1 heterocycles. The third kappa shape index (κ3) is 4.29. The molecule has 1 fully saturated rings. The van der Waals surface area contributed by atoms with Crippen LogP contribution in [0, 0.1) is 11.3 Å². The second-order valence-electron chi connectivity index (χ2n) is 4.53. The van der Waals surface area contributed by atoms with Gasteiger partial charge in [0.25, 0.3) is 0 Å². The molecule has 0 atom stereocenters. The molecule has 0 radical (unpaired) electrons. The summed E-state index contributed by atoms with van der Waals surface area (Å²) < 4.78 is -0.0198. The van der Waals surface area contributed by atoms with Crippen LogP contribution in [0.5, 0.6) is 0 Å². The number of nitriles is 1. The van der Waals surface area contributed by atoms with Crippen LogP contribution in [0.4, 0.5) is 0 Å². The van der Waals surface area contributed by atoms with Crippen molar-refractivity contribution in [3.63, 3.8) is 0 Å². The first-order valence-corrected chi connectivity index (χ1v) is 8.18. The highest BCUT2D eigenvalue weighted by Gasteiger charge is 2.32. The maximum absolute atomic E-state index is 11.8. The molecule has 6 heteroatoms. The molecule has 1 saturated heterocycles. The van der Waals surface area contributed by atoms with E-state index in [0.717, 1.165) is 17.1 Å². The number of nitrogens with one attached hydrogen (secondary N) is 1. The Bertz CT molecular complexity index is 543. The van der Waals surface area contributed by atoms with Crippen LogP contribution < -0.4 is 5.43 Å². The molecule has 2 rings (SSSR count). The number of hydrogen-bond acceptors (Lipinski definition) is 5. The lowest BCUT2D eigenvalue weighted by Gasteiger charge is -2.19. The van der Waals surface area contributed by atoms with Crippen molar-refractivity contribution in [1.82, 2.24) is 5.43 Å². The van der Waals surface area contributed by atoms with Crippen molar-refractivity contribution in [2.45, 2.75) is 17.4 Å². The van der Waals surface area contributed by atoms with Crippen LogP contribution in [-0.4, -0.2) is 27.7 Å². The van der Waals surface area contributed by atoms with Gasteiger partial charge in [0.1, 0.15) is 0 Å². The summed E-state index contributed by atoms with van der Waals surface area (Å²) in [5.41, 5.74) is 4.00. The van der Waals surface area contributed by atoms with Crippen LogP contribution in [0.2, 0.25) is 0 Å². The Balaban J connectivity index is 1.83. The van der Waals surface area contributed by atoms with Gasteiger partial charge in [-0.2, -0.15) is 10.4 Å². The molecule has 0 bridgehead atoms. The standard InChI is InChI=1S/C14H15N3OS2/c1-14(19-6-7-20-14)8-13(18)17-16-10-12-4-2-11(9-15)3-5-12/h2-5,10H,6-8H2,1H3,(H,17,18)/b16-10-. The fourth-order valence-electron chi connectivity index (χ4n) is 1.81. The van der Waals surface area contributed by atoms with E-state index in [1.54, 1.807) is 30.5 Å². The molecule has 0 aliphatic carbocycles. The van der Waals surface area contributed by atoms with Crippen molar-refractivity contribution >= 4 is 35.6 Å². The van der Waals surface area contributed by atoms with Gasteiger partial charge >= 0.3 is 0 Å². The Morgan fingerprint density at radius 2 is 2.10 bits per heavy atom. The first kappa shape index (κ1) is 14.9. The molecule has 1 aliphatic heterocycles. The summed E-state index contributed by atoms with van der Waals surface area (Å²) >= 11 is 3.65. The van der Waals surface area contributed by atoms with Gasteiger partial charge in [-0.3, -0.25) is 4.79 Å². The Morgan fingerprint density at radius 3 is 2.70 bits per heavy atom. The lowest BCUT2D eigenvalue weighted by atomic mass is 10.2. The third-order valence-electron chi connectivity index (χ3n) is 2.82. The molecule has 104 valence electrons. The van der Waals surface area contributed by atoms with Gasteiger partial charge in [0, 0.05) is 11.5 Å². The van der Waals surface area contributed by atoms with Gasteiger partial charge in [-0.25, -0.2) is 5.43 Å². The van der Waals surface area contributed by atoms with E-state index < -0.39 is 0 Å². The Hall–Kier alpha value is -1.45. The SMILES string of the molecule is CC1(CC(=O)N/N=C\c2ccc(C#N)cc2)SCCS1. The van der Waals surface area contributed by atoms with Gasteiger partial charge in [0.15, 0.2) is 0 Å². The van der Waals surface area contributed by atoms with Crippen molar-refractivity contribution in [3.8, 4) is 6.07 Å². The number of nitrogens with zero attached hydrogens (tertiary/aromatic N) is 2. The zero-order valence-electron chi connectivity index (χ0n) is 11.1. The van der Waals surface area contributed by atoms with Crippen LogP contribution in [0.15, 0.2) is 29.4 Å². The maximum atomic E-state index is 11.8. The molecule has 20 heavy (non-hydrogen) atoms. The Kier molecular flexibility index (Phi) is 5.10. The van der Waals surface area contributed by atoms with Crippen LogP contribution in [0.25, 0.3) is 0 Å². The van der Waals surface area contributed by atoms with Gasteiger partial charge in [-0.05, 0) is 24.6 Å². The van der Waals surface area contributed by atoms with E-state index >= 15 is 0 Å². The molecule has 0 saturated carbocycles. The van der Waals surface area contributed by atoms with Crippen LogP contribution in [0.3, 0.4) is 0 Å². The average molecular weight is 305 g/mol. The smallest absolute Gasteiger partial charge is 0.242 e. The van der Waals surface area contributed by atoms with Gasteiger partial charge in [0.05, 0.1) is 28.3 Å². The second kappa shape index (κ2) is 6.82. The van der Waals surface area contributed by atoms with Crippen molar-refractivity contribution in [3.05, 3.63) is 35.4 Å². The Labute approximate surface area is 127 Å². The van der Waals surface area contributed by atoms with E-state index in [9.17, 15) is 4.79 Å². The molecule has 0 spiro atoms. The minimum absolute atomic E-state index is 0.0198. The third-order valence-corrected chi connectivity index (χ3v) is 6.11. The molecule has 1 aliphatic rings. The van der Waals surface area contributed by atoms with Crippen LogP contribution in [-0.2, 0) is 4.79 Å². The first-order valence-electron chi connectivity index (χ1n) is 6.21. The van der Waals surface area contributed by atoms with Gasteiger partial charge in [0.2, 0.25) is 5.91 Å². The number of hydrazone groups is 1. The summed E-state index contributed by atoms with van der Waals surface area (Å²) in [4.78, 5) is 11.8. The van der Waals surface area contributed by atoms with E-state index in [2.05, 4.69) is 23.5 Å². The average Bonchev–Trinajstić information content (AvgIpc) is 2.86. The number of carbonyl (C=O) groups excluding carboxylic acids is 1.